The highest BCUT2D eigenvalue weighted by Crippen LogP contribution is 2.36. The van der Waals surface area contributed by atoms with Crippen LogP contribution in [0.5, 0.6) is 0 Å². The van der Waals surface area contributed by atoms with Crippen LogP contribution < -0.4 is 10.9 Å². The van der Waals surface area contributed by atoms with Gasteiger partial charge in [0, 0.05) is 11.1 Å². The molecule has 0 aliphatic heterocycles. The Kier molecular flexibility index (Phi) is 4.70. The lowest BCUT2D eigenvalue weighted by Gasteiger charge is -2.03. The number of carbonyl (C=O) groups is 2. The highest BCUT2D eigenvalue weighted by molar-refractivity contribution is 5.97. The van der Waals surface area contributed by atoms with Crippen LogP contribution >= 0.6 is 0 Å². The van der Waals surface area contributed by atoms with Crippen LogP contribution in [0.4, 0.5) is 0 Å². The quantitative estimate of drug-likeness (QED) is 0.292. The Labute approximate surface area is 161 Å². The Morgan fingerprint density at radius 2 is 1.54 bits per heavy atom. The standard InChI is InChI=1S/C22H17N3O3/c26-21(15-6-8-16(9-7-15)22(27)25-28)24-23-13-14-5-10-20-18(11-14)12-17-3-1-2-4-19(17)20/h1-11,13,28H,12H2,(H,24,26)(H,25,27)/b23-13-. The molecule has 0 unspecified atom stereocenters. The number of nitrogens with one attached hydrogen (secondary N) is 2. The summed E-state index contributed by atoms with van der Waals surface area (Å²) in [6, 6.07) is 20.4. The van der Waals surface area contributed by atoms with Crippen molar-refractivity contribution < 1.29 is 14.8 Å². The summed E-state index contributed by atoms with van der Waals surface area (Å²) in [7, 11) is 0. The number of hydroxylamine groups is 1. The first-order valence-electron chi connectivity index (χ1n) is 8.75. The molecule has 138 valence electrons. The first-order chi connectivity index (χ1) is 13.7. The van der Waals surface area contributed by atoms with Gasteiger partial charge in [0.1, 0.15) is 0 Å². The molecule has 0 heterocycles. The van der Waals surface area contributed by atoms with E-state index in [1.54, 1.807) is 11.7 Å². The lowest BCUT2D eigenvalue weighted by molar-refractivity contribution is 0.0706. The fourth-order valence-electron chi connectivity index (χ4n) is 3.31. The van der Waals surface area contributed by atoms with Gasteiger partial charge in [0.2, 0.25) is 0 Å². The average Bonchev–Trinajstić information content (AvgIpc) is 3.11. The van der Waals surface area contributed by atoms with Gasteiger partial charge < -0.3 is 0 Å². The second-order valence-corrected chi connectivity index (χ2v) is 6.47. The largest absolute Gasteiger partial charge is 0.288 e. The third-order valence-corrected chi connectivity index (χ3v) is 4.71. The van der Waals surface area contributed by atoms with E-state index in [0.717, 1.165) is 12.0 Å². The molecule has 3 aromatic carbocycles. The molecule has 0 bridgehead atoms. The normalized spacial score (nSPS) is 11.8. The summed E-state index contributed by atoms with van der Waals surface area (Å²) in [5.41, 5.74) is 10.6. The van der Waals surface area contributed by atoms with Gasteiger partial charge in [0.25, 0.3) is 11.8 Å². The SMILES string of the molecule is O=C(NO)c1ccc(C(=O)N/N=C\c2ccc3c(c2)Cc2ccccc2-3)cc1. The fourth-order valence-corrected chi connectivity index (χ4v) is 3.31. The first-order valence-corrected chi connectivity index (χ1v) is 8.75. The van der Waals surface area contributed by atoms with Gasteiger partial charge in [-0.1, -0.05) is 36.4 Å². The number of carbonyl (C=O) groups excluding carboxylic acids is 2. The molecule has 0 radical (unpaired) electrons. The van der Waals surface area contributed by atoms with Gasteiger partial charge >= 0.3 is 0 Å². The monoisotopic (exact) mass is 371 g/mol. The van der Waals surface area contributed by atoms with Crippen LogP contribution in [0.1, 0.15) is 37.4 Å². The van der Waals surface area contributed by atoms with Crippen molar-refractivity contribution in [3.05, 3.63) is 94.5 Å². The summed E-state index contributed by atoms with van der Waals surface area (Å²) >= 11 is 0. The summed E-state index contributed by atoms with van der Waals surface area (Å²) in [5.74, 6) is -1.02. The van der Waals surface area contributed by atoms with Crippen LogP contribution in [0.15, 0.2) is 71.8 Å². The Balaban J connectivity index is 1.42. The number of fused-ring (bicyclic) bond motifs is 3. The van der Waals surface area contributed by atoms with Crippen LogP contribution in [0.3, 0.4) is 0 Å². The van der Waals surface area contributed by atoms with E-state index in [2.05, 4.69) is 34.8 Å². The summed E-state index contributed by atoms with van der Waals surface area (Å²) < 4.78 is 0. The van der Waals surface area contributed by atoms with Crippen LogP contribution in [0.25, 0.3) is 11.1 Å². The van der Waals surface area contributed by atoms with E-state index in [-0.39, 0.29) is 11.5 Å². The number of hydrazone groups is 1. The maximum absolute atomic E-state index is 12.1. The van der Waals surface area contributed by atoms with E-state index in [1.165, 1.54) is 46.5 Å². The molecule has 0 fully saturated rings. The molecule has 1 aliphatic carbocycles. The Morgan fingerprint density at radius 1 is 0.857 bits per heavy atom. The van der Waals surface area contributed by atoms with Crippen molar-refractivity contribution in [2.75, 3.05) is 0 Å². The lowest BCUT2D eigenvalue weighted by Crippen LogP contribution is -2.20. The zero-order valence-corrected chi connectivity index (χ0v) is 14.8. The molecule has 3 aromatic rings. The number of hydrogen-bond donors (Lipinski definition) is 3. The molecule has 3 N–H and O–H groups in total. The van der Waals surface area contributed by atoms with E-state index in [4.69, 9.17) is 5.21 Å². The van der Waals surface area contributed by atoms with Crippen molar-refractivity contribution in [3.8, 4) is 11.1 Å². The molecular weight excluding hydrogens is 354 g/mol. The van der Waals surface area contributed by atoms with Gasteiger partial charge in [-0.25, -0.2) is 10.9 Å². The van der Waals surface area contributed by atoms with Crippen LogP contribution in [-0.2, 0) is 6.42 Å². The Bertz CT molecular complexity index is 1090. The van der Waals surface area contributed by atoms with Crippen molar-refractivity contribution in [1.29, 1.82) is 0 Å². The highest BCUT2D eigenvalue weighted by Gasteiger charge is 2.17. The van der Waals surface area contributed by atoms with Gasteiger partial charge in [-0.2, -0.15) is 5.10 Å². The minimum atomic E-state index is -0.635. The zero-order valence-electron chi connectivity index (χ0n) is 14.8. The Morgan fingerprint density at radius 3 is 2.29 bits per heavy atom. The van der Waals surface area contributed by atoms with Gasteiger partial charge in [-0.05, 0) is 64.6 Å². The molecule has 4 rings (SSSR count). The summed E-state index contributed by atoms with van der Waals surface area (Å²) in [5, 5.41) is 12.6. The molecule has 6 nitrogen and oxygen atoms in total. The number of hydrogen-bond acceptors (Lipinski definition) is 4. The molecule has 0 saturated heterocycles. The molecule has 0 spiro atoms. The molecular formula is C22H17N3O3. The third kappa shape index (κ3) is 3.41. The lowest BCUT2D eigenvalue weighted by atomic mass is 10.0. The van der Waals surface area contributed by atoms with Crippen LogP contribution in [-0.4, -0.2) is 23.2 Å². The third-order valence-electron chi connectivity index (χ3n) is 4.71. The number of rotatable bonds is 4. The topological polar surface area (TPSA) is 90.8 Å². The van der Waals surface area contributed by atoms with Crippen molar-refractivity contribution in [1.82, 2.24) is 10.9 Å². The number of benzene rings is 3. The molecule has 0 atom stereocenters. The molecule has 0 aromatic heterocycles. The maximum atomic E-state index is 12.1. The second kappa shape index (κ2) is 7.46. The summed E-state index contributed by atoms with van der Waals surface area (Å²) in [6.45, 7) is 0. The highest BCUT2D eigenvalue weighted by atomic mass is 16.5. The second-order valence-electron chi connectivity index (χ2n) is 6.47. The molecule has 1 aliphatic rings. The maximum Gasteiger partial charge on any atom is 0.274 e. The first kappa shape index (κ1) is 17.6. The summed E-state index contributed by atoms with van der Waals surface area (Å²) in [6.07, 6.45) is 2.50. The molecule has 2 amide bonds. The van der Waals surface area contributed by atoms with Crippen molar-refractivity contribution >= 4 is 18.0 Å². The van der Waals surface area contributed by atoms with Gasteiger partial charge in [-0.3, -0.25) is 14.8 Å². The molecule has 6 heteroatoms. The van der Waals surface area contributed by atoms with E-state index in [1.807, 2.05) is 18.2 Å². The predicted octanol–water partition coefficient (Wildman–Crippen LogP) is 3.14. The number of nitrogens with zero attached hydrogens (tertiary/aromatic N) is 1. The zero-order chi connectivity index (χ0) is 19.5. The van der Waals surface area contributed by atoms with E-state index < -0.39 is 5.91 Å². The van der Waals surface area contributed by atoms with Crippen LogP contribution in [0, 0.1) is 0 Å². The minimum absolute atomic E-state index is 0.252. The molecule has 0 saturated carbocycles. The van der Waals surface area contributed by atoms with Gasteiger partial charge in [0.05, 0.1) is 6.21 Å². The van der Waals surface area contributed by atoms with E-state index in [9.17, 15) is 9.59 Å². The number of amides is 2. The smallest absolute Gasteiger partial charge is 0.274 e. The van der Waals surface area contributed by atoms with Crippen molar-refractivity contribution in [2.45, 2.75) is 6.42 Å². The van der Waals surface area contributed by atoms with E-state index in [0.29, 0.717) is 5.56 Å². The molecule has 28 heavy (non-hydrogen) atoms. The van der Waals surface area contributed by atoms with Crippen molar-refractivity contribution in [2.24, 2.45) is 5.10 Å². The average molecular weight is 371 g/mol. The van der Waals surface area contributed by atoms with Crippen LogP contribution in [0.2, 0.25) is 0 Å². The fraction of sp³-hybridized carbons (Fsp3) is 0.0455. The van der Waals surface area contributed by atoms with Gasteiger partial charge in [-0.15, -0.1) is 0 Å². The van der Waals surface area contributed by atoms with E-state index >= 15 is 0 Å². The minimum Gasteiger partial charge on any atom is -0.288 e. The van der Waals surface area contributed by atoms with Crippen molar-refractivity contribution in [3.63, 3.8) is 0 Å². The predicted molar refractivity (Wildman–Crippen MR) is 105 cm³/mol. The summed E-state index contributed by atoms with van der Waals surface area (Å²) in [4.78, 5) is 23.4. The van der Waals surface area contributed by atoms with Gasteiger partial charge in [0.15, 0.2) is 0 Å². The Hall–Kier alpha value is -3.77.